The highest BCUT2D eigenvalue weighted by atomic mass is 35.5. The maximum absolute atomic E-state index is 13.0. The highest BCUT2D eigenvalue weighted by Gasteiger charge is 2.33. The van der Waals surface area contributed by atoms with E-state index in [-0.39, 0.29) is 17.0 Å². The molecule has 0 spiro atoms. The van der Waals surface area contributed by atoms with Crippen molar-refractivity contribution >= 4 is 45.9 Å². The molecule has 0 saturated carbocycles. The van der Waals surface area contributed by atoms with Gasteiger partial charge in [-0.05, 0) is 36.8 Å². The quantitative estimate of drug-likeness (QED) is 0.409. The fourth-order valence-electron chi connectivity index (χ4n) is 2.83. The maximum Gasteiger partial charge on any atom is 0.417 e. The Morgan fingerprint density at radius 2 is 1.97 bits per heavy atom. The molecule has 0 aliphatic carbocycles. The summed E-state index contributed by atoms with van der Waals surface area (Å²) in [6.45, 7) is 2.36. The number of carbonyl (C=O) groups is 1. The third kappa shape index (κ3) is 4.96. The van der Waals surface area contributed by atoms with E-state index in [1.54, 1.807) is 24.3 Å². The zero-order chi connectivity index (χ0) is 21.9. The van der Waals surface area contributed by atoms with Gasteiger partial charge in [-0.1, -0.05) is 42.4 Å². The van der Waals surface area contributed by atoms with Gasteiger partial charge in [0.25, 0.3) is 5.56 Å². The van der Waals surface area contributed by atoms with Crippen LogP contribution in [-0.2, 0) is 17.5 Å². The Kier molecular flexibility index (Phi) is 6.72. The van der Waals surface area contributed by atoms with Crippen LogP contribution < -0.4 is 10.9 Å². The summed E-state index contributed by atoms with van der Waals surface area (Å²) in [5, 5.41) is 2.84. The summed E-state index contributed by atoms with van der Waals surface area (Å²) in [5.74, 6) is -0.653. The number of thioether (sulfide) groups is 1. The van der Waals surface area contributed by atoms with Gasteiger partial charge in [0, 0.05) is 12.2 Å². The number of hydrogen-bond acceptors (Lipinski definition) is 4. The SMILES string of the molecule is CCCn1c(SCC(=O)Nc2ccc(Cl)c(C(F)(F)F)c2)nc2ccccc2c1=O. The van der Waals surface area contributed by atoms with E-state index in [0.717, 1.165) is 23.9 Å². The molecule has 5 nitrogen and oxygen atoms in total. The van der Waals surface area contributed by atoms with Crippen molar-refractivity contribution in [3.05, 3.63) is 63.4 Å². The van der Waals surface area contributed by atoms with Gasteiger partial charge in [-0.2, -0.15) is 13.2 Å². The van der Waals surface area contributed by atoms with Crippen molar-refractivity contribution < 1.29 is 18.0 Å². The van der Waals surface area contributed by atoms with Crippen molar-refractivity contribution in [2.24, 2.45) is 0 Å². The van der Waals surface area contributed by atoms with Crippen molar-refractivity contribution in [3.8, 4) is 0 Å². The van der Waals surface area contributed by atoms with Gasteiger partial charge in [0.15, 0.2) is 5.16 Å². The van der Waals surface area contributed by atoms with Gasteiger partial charge in [0.1, 0.15) is 0 Å². The van der Waals surface area contributed by atoms with E-state index < -0.39 is 22.7 Å². The summed E-state index contributed by atoms with van der Waals surface area (Å²) in [6, 6.07) is 10.1. The monoisotopic (exact) mass is 455 g/mol. The van der Waals surface area contributed by atoms with Crippen LogP contribution in [0.2, 0.25) is 5.02 Å². The first-order valence-corrected chi connectivity index (χ1v) is 10.4. The highest BCUT2D eigenvalue weighted by molar-refractivity contribution is 7.99. The smallest absolute Gasteiger partial charge is 0.325 e. The number of nitrogens with one attached hydrogen (secondary N) is 1. The second-order valence-electron chi connectivity index (χ2n) is 6.40. The number of para-hydroxylation sites is 1. The average Bonchev–Trinajstić information content (AvgIpc) is 2.69. The normalized spacial score (nSPS) is 11.6. The van der Waals surface area contributed by atoms with Crippen molar-refractivity contribution in [3.63, 3.8) is 0 Å². The Morgan fingerprint density at radius 1 is 1.23 bits per heavy atom. The van der Waals surface area contributed by atoms with Crippen LogP contribution in [0.5, 0.6) is 0 Å². The molecule has 0 atom stereocenters. The third-order valence-electron chi connectivity index (χ3n) is 4.16. The molecule has 30 heavy (non-hydrogen) atoms. The van der Waals surface area contributed by atoms with Gasteiger partial charge < -0.3 is 5.32 Å². The average molecular weight is 456 g/mol. The standard InChI is InChI=1S/C20H17ClF3N3O2S/c1-2-9-27-18(29)13-5-3-4-6-16(13)26-19(27)30-11-17(28)25-12-7-8-15(21)14(10-12)20(22,23)24/h3-8,10H,2,9,11H2,1H3,(H,25,28). The third-order valence-corrected chi connectivity index (χ3v) is 5.47. The zero-order valence-electron chi connectivity index (χ0n) is 15.8. The van der Waals surface area contributed by atoms with Crippen LogP contribution in [0.4, 0.5) is 18.9 Å². The van der Waals surface area contributed by atoms with E-state index in [4.69, 9.17) is 11.6 Å². The van der Waals surface area contributed by atoms with Gasteiger partial charge in [0.05, 0.1) is 27.2 Å². The van der Waals surface area contributed by atoms with Gasteiger partial charge >= 0.3 is 6.18 Å². The minimum absolute atomic E-state index is 0.0188. The predicted octanol–water partition coefficient (Wildman–Crippen LogP) is 5.21. The molecule has 0 saturated heterocycles. The van der Waals surface area contributed by atoms with Crippen LogP contribution in [-0.4, -0.2) is 21.2 Å². The van der Waals surface area contributed by atoms with E-state index in [1.165, 1.54) is 10.6 Å². The fraction of sp³-hybridized carbons (Fsp3) is 0.250. The predicted molar refractivity (Wildman–Crippen MR) is 112 cm³/mol. The molecule has 1 heterocycles. The molecular formula is C20H17ClF3N3O2S. The molecular weight excluding hydrogens is 439 g/mol. The van der Waals surface area contributed by atoms with Crippen molar-refractivity contribution in [2.45, 2.75) is 31.2 Å². The number of nitrogens with zero attached hydrogens (tertiary/aromatic N) is 2. The number of hydrogen-bond donors (Lipinski definition) is 1. The van der Waals surface area contributed by atoms with Crippen LogP contribution >= 0.6 is 23.4 Å². The van der Waals surface area contributed by atoms with Crippen molar-refractivity contribution in [1.29, 1.82) is 0 Å². The Bertz CT molecular complexity index is 1150. The maximum atomic E-state index is 13.0. The molecule has 3 rings (SSSR count). The van der Waals surface area contributed by atoms with Gasteiger partial charge in [-0.15, -0.1) is 0 Å². The first-order valence-electron chi connectivity index (χ1n) is 8.99. The number of anilines is 1. The molecule has 1 amide bonds. The van der Waals surface area contributed by atoms with Crippen LogP contribution in [0.25, 0.3) is 10.9 Å². The summed E-state index contributed by atoms with van der Waals surface area (Å²) in [6.07, 6.45) is -3.93. The molecule has 0 bridgehead atoms. The number of benzene rings is 2. The lowest BCUT2D eigenvalue weighted by Gasteiger charge is -2.13. The largest absolute Gasteiger partial charge is 0.417 e. The Morgan fingerprint density at radius 3 is 2.67 bits per heavy atom. The summed E-state index contributed by atoms with van der Waals surface area (Å²) >= 11 is 6.64. The summed E-state index contributed by atoms with van der Waals surface area (Å²) in [4.78, 5) is 29.5. The van der Waals surface area contributed by atoms with Gasteiger partial charge in [-0.25, -0.2) is 4.98 Å². The lowest BCUT2D eigenvalue weighted by atomic mass is 10.2. The number of amides is 1. The molecule has 0 aliphatic rings. The number of aromatic nitrogens is 2. The van der Waals surface area contributed by atoms with Crippen LogP contribution in [0, 0.1) is 0 Å². The fourth-order valence-corrected chi connectivity index (χ4v) is 3.88. The first-order chi connectivity index (χ1) is 14.2. The van der Waals surface area contributed by atoms with Crippen LogP contribution in [0.1, 0.15) is 18.9 Å². The molecule has 0 aliphatic heterocycles. The van der Waals surface area contributed by atoms with E-state index in [0.29, 0.717) is 29.0 Å². The molecule has 10 heteroatoms. The first kappa shape index (κ1) is 22.2. The molecule has 0 unspecified atom stereocenters. The summed E-state index contributed by atoms with van der Waals surface area (Å²) in [5.41, 5.74) is -0.722. The molecule has 3 aromatic rings. The zero-order valence-corrected chi connectivity index (χ0v) is 17.4. The molecule has 2 aromatic carbocycles. The van der Waals surface area contributed by atoms with E-state index >= 15 is 0 Å². The van der Waals surface area contributed by atoms with Crippen LogP contribution in [0.3, 0.4) is 0 Å². The van der Waals surface area contributed by atoms with Crippen molar-refractivity contribution in [1.82, 2.24) is 9.55 Å². The molecule has 0 fully saturated rings. The minimum atomic E-state index is -4.63. The molecule has 1 aromatic heterocycles. The number of halogens is 4. The summed E-state index contributed by atoms with van der Waals surface area (Å²) < 4.78 is 40.4. The van der Waals surface area contributed by atoms with Gasteiger partial charge in [-0.3, -0.25) is 14.2 Å². The second-order valence-corrected chi connectivity index (χ2v) is 7.75. The Balaban J connectivity index is 1.79. The minimum Gasteiger partial charge on any atom is -0.325 e. The highest BCUT2D eigenvalue weighted by Crippen LogP contribution is 2.36. The number of carbonyl (C=O) groups excluding carboxylic acids is 1. The topological polar surface area (TPSA) is 64.0 Å². The van der Waals surface area contributed by atoms with E-state index in [1.807, 2.05) is 6.92 Å². The molecule has 1 N–H and O–H groups in total. The number of rotatable bonds is 6. The van der Waals surface area contributed by atoms with E-state index in [2.05, 4.69) is 10.3 Å². The van der Waals surface area contributed by atoms with Crippen molar-refractivity contribution in [2.75, 3.05) is 11.1 Å². The number of alkyl halides is 3. The second kappa shape index (κ2) is 9.09. The van der Waals surface area contributed by atoms with Gasteiger partial charge in [0.2, 0.25) is 5.91 Å². The molecule has 158 valence electrons. The summed E-state index contributed by atoms with van der Waals surface area (Å²) in [7, 11) is 0. The Hall–Kier alpha value is -2.52. The lowest BCUT2D eigenvalue weighted by Crippen LogP contribution is -2.24. The number of fused-ring (bicyclic) bond motifs is 1. The van der Waals surface area contributed by atoms with E-state index in [9.17, 15) is 22.8 Å². The lowest BCUT2D eigenvalue weighted by molar-refractivity contribution is -0.137. The molecule has 0 radical (unpaired) electrons. The van der Waals surface area contributed by atoms with Crippen LogP contribution in [0.15, 0.2) is 52.4 Å². The Labute approximate surface area is 179 Å².